The van der Waals surface area contributed by atoms with E-state index in [9.17, 15) is 15.0 Å². The molecular formula is C22H31ClN2O5. The van der Waals surface area contributed by atoms with Gasteiger partial charge in [0, 0.05) is 26.7 Å². The molecule has 2 aromatic carbocycles. The highest BCUT2D eigenvalue weighted by molar-refractivity contribution is 5.85. The summed E-state index contributed by atoms with van der Waals surface area (Å²) in [5.74, 6) is 0.831. The van der Waals surface area contributed by atoms with Crippen LogP contribution in [0, 0.1) is 0 Å². The summed E-state index contributed by atoms with van der Waals surface area (Å²) >= 11 is 0. The normalized spacial score (nSPS) is 15.8. The number of benzene rings is 2. The van der Waals surface area contributed by atoms with Crippen molar-refractivity contribution in [2.45, 2.75) is 31.4 Å². The van der Waals surface area contributed by atoms with E-state index in [0.717, 1.165) is 24.8 Å². The molecule has 2 atom stereocenters. The van der Waals surface area contributed by atoms with Gasteiger partial charge in [0.15, 0.2) is 6.61 Å². The van der Waals surface area contributed by atoms with Gasteiger partial charge in [-0.2, -0.15) is 0 Å². The minimum absolute atomic E-state index is 0. The van der Waals surface area contributed by atoms with Gasteiger partial charge in [-0.1, -0.05) is 18.2 Å². The first kappa shape index (κ1) is 25.7. The maximum atomic E-state index is 11.7. The van der Waals surface area contributed by atoms with E-state index < -0.39 is 6.10 Å². The van der Waals surface area contributed by atoms with Gasteiger partial charge in [-0.3, -0.25) is 4.79 Å². The molecule has 0 fully saturated rings. The number of ether oxygens (including phenoxy) is 1. The summed E-state index contributed by atoms with van der Waals surface area (Å²) in [7, 11) is 3.42. The Balaban J connectivity index is 0.00000225. The van der Waals surface area contributed by atoms with Crippen LogP contribution in [0.4, 0.5) is 0 Å². The Bertz CT molecular complexity index is 814. The summed E-state index contributed by atoms with van der Waals surface area (Å²) in [6.07, 6.45) is 2.22. The van der Waals surface area contributed by atoms with Crippen LogP contribution in [0.2, 0.25) is 0 Å². The number of amides is 1. The van der Waals surface area contributed by atoms with Gasteiger partial charge >= 0.3 is 0 Å². The lowest BCUT2D eigenvalue weighted by molar-refractivity contribution is -0.130. The lowest BCUT2D eigenvalue weighted by Crippen LogP contribution is -2.37. The van der Waals surface area contributed by atoms with Crippen molar-refractivity contribution in [2.75, 3.05) is 27.2 Å². The van der Waals surface area contributed by atoms with E-state index in [1.54, 1.807) is 38.4 Å². The summed E-state index contributed by atoms with van der Waals surface area (Å²) < 4.78 is 5.62. The number of carbonyl (C=O) groups excluding carboxylic acids is 1. The predicted octanol–water partition coefficient (Wildman–Crippen LogP) is 1.64. The van der Waals surface area contributed by atoms with Crippen molar-refractivity contribution in [1.82, 2.24) is 10.2 Å². The zero-order valence-electron chi connectivity index (χ0n) is 17.3. The first-order valence-corrected chi connectivity index (χ1v) is 9.57. The molecule has 0 radical (unpaired) electrons. The molecular weight excluding hydrogens is 408 g/mol. The number of nitrogens with one attached hydrogen (secondary N) is 1. The highest BCUT2D eigenvalue weighted by Gasteiger charge is 2.20. The van der Waals surface area contributed by atoms with Crippen molar-refractivity contribution < 1.29 is 25.2 Å². The van der Waals surface area contributed by atoms with Gasteiger partial charge in [-0.05, 0) is 60.2 Å². The molecule has 3 rings (SSSR count). The van der Waals surface area contributed by atoms with Crippen LogP contribution in [-0.4, -0.2) is 59.8 Å². The van der Waals surface area contributed by atoms with Gasteiger partial charge in [0.25, 0.3) is 5.91 Å². The monoisotopic (exact) mass is 438 g/mol. The zero-order valence-corrected chi connectivity index (χ0v) is 18.1. The number of likely N-dealkylation sites (N-methyl/N-ethyl adjacent to an activating group) is 1. The molecule has 0 saturated heterocycles. The fourth-order valence-corrected chi connectivity index (χ4v) is 3.36. The number of aliphatic hydroxyl groups is 1. The van der Waals surface area contributed by atoms with Gasteiger partial charge in [0.1, 0.15) is 11.5 Å². The van der Waals surface area contributed by atoms with Crippen LogP contribution in [0.25, 0.3) is 0 Å². The molecule has 0 aromatic heterocycles. The SMILES string of the molecule is CN(C)C(=O)COc1ccc2c(c1)C[C@@H](NC[C@H](O)c1ccc(O)cc1)CC2.Cl.O. The van der Waals surface area contributed by atoms with Crippen molar-refractivity contribution >= 4 is 18.3 Å². The number of nitrogens with zero attached hydrogens (tertiary/aromatic N) is 1. The highest BCUT2D eigenvalue weighted by atomic mass is 35.5. The first-order chi connectivity index (χ1) is 13.4. The Kier molecular flexibility index (Phi) is 10.1. The summed E-state index contributed by atoms with van der Waals surface area (Å²) in [5, 5.41) is 23.1. The number of phenols is 1. The summed E-state index contributed by atoms with van der Waals surface area (Å²) in [5.41, 5.74) is 3.31. The number of aryl methyl sites for hydroxylation is 1. The molecule has 0 saturated carbocycles. The van der Waals surface area contributed by atoms with Crippen molar-refractivity contribution in [3.8, 4) is 11.5 Å². The van der Waals surface area contributed by atoms with Gasteiger partial charge < -0.3 is 30.6 Å². The molecule has 1 aliphatic rings. The number of phenolic OH excluding ortho intramolecular Hbond substituents is 1. The number of halogens is 1. The molecule has 30 heavy (non-hydrogen) atoms. The molecule has 0 aliphatic heterocycles. The molecule has 7 nitrogen and oxygen atoms in total. The van der Waals surface area contributed by atoms with Crippen molar-refractivity contribution in [1.29, 1.82) is 0 Å². The van der Waals surface area contributed by atoms with E-state index in [-0.39, 0.29) is 42.2 Å². The Hall–Kier alpha value is -2.32. The molecule has 8 heteroatoms. The molecule has 0 bridgehead atoms. The Morgan fingerprint density at radius 1 is 1.20 bits per heavy atom. The largest absolute Gasteiger partial charge is 0.508 e. The quantitative estimate of drug-likeness (QED) is 0.608. The summed E-state index contributed by atoms with van der Waals surface area (Å²) in [6, 6.07) is 12.9. The lowest BCUT2D eigenvalue weighted by Gasteiger charge is -2.27. The van der Waals surface area contributed by atoms with Crippen LogP contribution in [0.5, 0.6) is 11.5 Å². The van der Waals surface area contributed by atoms with E-state index in [0.29, 0.717) is 12.3 Å². The van der Waals surface area contributed by atoms with Crippen molar-refractivity contribution in [2.24, 2.45) is 0 Å². The molecule has 0 spiro atoms. The van der Waals surface area contributed by atoms with E-state index >= 15 is 0 Å². The number of carbonyl (C=O) groups is 1. The van der Waals surface area contributed by atoms with E-state index in [1.165, 1.54) is 16.0 Å². The Morgan fingerprint density at radius 2 is 1.90 bits per heavy atom. The number of hydrogen-bond donors (Lipinski definition) is 3. The number of hydrogen-bond acceptors (Lipinski definition) is 5. The third-order valence-electron chi connectivity index (χ3n) is 5.15. The fraction of sp³-hybridized carbons (Fsp3) is 0.409. The molecule has 166 valence electrons. The summed E-state index contributed by atoms with van der Waals surface area (Å²) in [4.78, 5) is 13.2. The van der Waals surface area contributed by atoms with Crippen molar-refractivity contribution in [3.05, 3.63) is 59.2 Å². The molecule has 0 heterocycles. The fourth-order valence-electron chi connectivity index (χ4n) is 3.36. The second-order valence-corrected chi connectivity index (χ2v) is 7.46. The minimum Gasteiger partial charge on any atom is -0.508 e. The molecule has 0 unspecified atom stereocenters. The van der Waals surface area contributed by atoms with E-state index in [2.05, 4.69) is 11.4 Å². The lowest BCUT2D eigenvalue weighted by atomic mass is 9.88. The van der Waals surface area contributed by atoms with Crippen LogP contribution in [0.1, 0.15) is 29.2 Å². The Labute approximate surface area is 183 Å². The second-order valence-electron chi connectivity index (χ2n) is 7.46. The molecule has 5 N–H and O–H groups in total. The van der Waals surface area contributed by atoms with E-state index in [4.69, 9.17) is 4.74 Å². The van der Waals surface area contributed by atoms with Gasteiger partial charge in [0.05, 0.1) is 6.10 Å². The maximum Gasteiger partial charge on any atom is 0.259 e. The molecule has 1 amide bonds. The number of rotatable bonds is 7. The minimum atomic E-state index is -0.617. The van der Waals surface area contributed by atoms with E-state index in [1.807, 2.05) is 12.1 Å². The average molecular weight is 439 g/mol. The standard InChI is InChI=1S/C22H28N2O4.ClH.H2O/c1-24(2)22(27)14-28-20-10-6-15-3-7-18(11-17(15)12-20)23-13-21(26)16-4-8-19(25)9-5-16;;/h4-6,8-10,12,18,21,23,25-26H,3,7,11,13-14H2,1-2H3;1H;1H2/t18-,21-;;/m0../s1. The predicted molar refractivity (Wildman–Crippen MR) is 118 cm³/mol. The first-order valence-electron chi connectivity index (χ1n) is 9.57. The summed E-state index contributed by atoms with van der Waals surface area (Å²) in [6.45, 7) is 0.491. The van der Waals surface area contributed by atoms with Crippen LogP contribution in [0.15, 0.2) is 42.5 Å². The van der Waals surface area contributed by atoms with Crippen LogP contribution >= 0.6 is 12.4 Å². The number of fused-ring (bicyclic) bond motifs is 1. The van der Waals surface area contributed by atoms with Gasteiger partial charge in [-0.25, -0.2) is 0 Å². The molecule has 2 aromatic rings. The van der Waals surface area contributed by atoms with Crippen molar-refractivity contribution in [3.63, 3.8) is 0 Å². The third-order valence-corrected chi connectivity index (χ3v) is 5.15. The van der Waals surface area contributed by atoms with Crippen LogP contribution in [-0.2, 0) is 17.6 Å². The Morgan fingerprint density at radius 3 is 2.57 bits per heavy atom. The van der Waals surface area contributed by atoms with Crippen LogP contribution < -0.4 is 10.1 Å². The number of aromatic hydroxyl groups is 1. The second kappa shape index (κ2) is 11.8. The topological polar surface area (TPSA) is 114 Å². The highest BCUT2D eigenvalue weighted by Crippen LogP contribution is 2.26. The van der Waals surface area contributed by atoms with Gasteiger partial charge in [0.2, 0.25) is 0 Å². The van der Waals surface area contributed by atoms with Gasteiger partial charge in [-0.15, -0.1) is 12.4 Å². The van der Waals surface area contributed by atoms with Crippen LogP contribution in [0.3, 0.4) is 0 Å². The zero-order chi connectivity index (χ0) is 20.1. The average Bonchev–Trinajstić information content (AvgIpc) is 2.70. The smallest absolute Gasteiger partial charge is 0.259 e. The number of aliphatic hydroxyl groups excluding tert-OH is 1. The maximum absolute atomic E-state index is 11.7. The third kappa shape index (κ3) is 6.88. The molecule has 1 aliphatic carbocycles.